The number of nitrogens with two attached hydrogens (primary N) is 1. The van der Waals surface area contributed by atoms with Gasteiger partial charge in [0, 0.05) is 24.3 Å². The molecule has 114 valence electrons. The van der Waals surface area contributed by atoms with Crippen molar-refractivity contribution >= 4 is 17.3 Å². The predicted octanol–water partition coefficient (Wildman–Crippen LogP) is 2.14. The summed E-state index contributed by atoms with van der Waals surface area (Å²) in [6.45, 7) is 4.47. The zero-order valence-corrected chi connectivity index (χ0v) is 12.2. The molecule has 21 heavy (non-hydrogen) atoms. The van der Waals surface area contributed by atoms with Gasteiger partial charge in [-0.25, -0.2) is 0 Å². The third-order valence-corrected chi connectivity index (χ3v) is 3.63. The summed E-state index contributed by atoms with van der Waals surface area (Å²) >= 11 is 0. The number of nitro groups is 1. The van der Waals surface area contributed by atoms with E-state index >= 15 is 0 Å². The SMILES string of the molecule is CC(C)N(CC1CC1)C(=O)c1cc(NN)ccc1[N+](=O)[O-]. The molecule has 7 heteroatoms. The number of hydrazine groups is 1. The number of carbonyl (C=O) groups excluding carboxylic acids is 1. The lowest BCUT2D eigenvalue weighted by atomic mass is 10.1. The highest BCUT2D eigenvalue weighted by molar-refractivity contribution is 5.99. The van der Waals surface area contributed by atoms with Crippen molar-refractivity contribution in [1.82, 2.24) is 4.90 Å². The fourth-order valence-electron chi connectivity index (χ4n) is 2.22. The first kappa shape index (κ1) is 15.2. The highest BCUT2D eigenvalue weighted by atomic mass is 16.6. The molecule has 1 aromatic rings. The number of amides is 1. The Balaban J connectivity index is 2.36. The van der Waals surface area contributed by atoms with E-state index in [0.29, 0.717) is 18.2 Å². The minimum absolute atomic E-state index is 0.00723. The average molecular weight is 292 g/mol. The molecule has 0 unspecified atom stereocenters. The molecule has 0 saturated heterocycles. The average Bonchev–Trinajstić information content (AvgIpc) is 3.27. The van der Waals surface area contributed by atoms with Gasteiger partial charge >= 0.3 is 0 Å². The molecule has 1 amide bonds. The van der Waals surface area contributed by atoms with E-state index in [9.17, 15) is 14.9 Å². The van der Waals surface area contributed by atoms with Crippen molar-refractivity contribution in [2.75, 3.05) is 12.0 Å². The van der Waals surface area contributed by atoms with Gasteiger partial charge in [-0.1, -0.05) is 0 Å². The smallest absolute Gasteiger partial charge is 0.282 e. The van der Waals surface area contributed by atoms with Crippen LogP contribution in [0.2, 0.25) is 0 Å². The van der Waals surface area contributed by atoms with Gasteiger partial charge in [0.2, 0.25) is 0 Å². The zero-order chi connectivity index (χ0) is 15.6. The van der Waals surface area contributed by atoms with Crippen molar-refractivity contribution in [3.63, 3.8) is 0 Å². The van der Waals surface area contributed by atoms with E-state index in [4.69, 9.17) is 5.84 Å². The molecule has 1 fully saturated rings. The van der Waals surface area contributed by atoms with Gasteiger partial charge in [-0.05, 0) is 44.7 Å². The summed E-state index contributed by atoms with van der Waals surface area (Å²) in [6.07, 6.45) is 2.23. The van der Waals surface area contributed by atoms with E-state index < -0.39 is 4.92 Å². The van der Waals surface area contributed by atoms with Crippen LogP contribution in [0.15, 0.2) is 18.2 Å². The molecule has 0 atom stereocenters. The molecule has 2 rings (SSSR count). The van der Waals surface area contributed by atoms with E-state index in [0.717, 1.165) is 12.8 Å². The summed E-state index contributed by atoms with van der Waals surface area (Å²) in [6, 6.07) is 4.21. The second-order valence-electron chi connectivity index (χ2n) is 5.63. The lowest BCUT2D eigenvalue weighted by molar-refractivity contribution is -0.385. The zero-order valence-electron chi connectivity index (χ0n) is 12.2. The Labute approximate surface area is 123 Å². The molecular formula is C14H20N4O3. The van der Waals surface area contributed by atoms with Crippen LogP contribution in [0.3, 0.4) is 0 Å². The van der Waals surface area contributed by atoms with E-state index in [1.54, 1.807) is 4.90 Å². The number of benzene rings is 1. The van der Waals surface area contributed by atoms with Crippen LogP contribution in [0, 0.1) is 16.0 Å². The van der Waals surface area contributed by atoms with Crippen molar-refractivity contribution in [3.05, 3.63) is 33.9 Å². The Morgan fingerprint density at radius 3 is 2.67 bits per heavy atom. The maximum Gasteiger partial charge on any atom is 0.282 e. The van der Waals surface area contributed by atoms with Crippen molar-refractivity contribution in [1.29, 1.82) is 0 Å². The third-order valence-electron chi connectivity index (χ3n) is 3.63. The van der Waals surface area contributed by atoms with Gasteiger partial charge in [0.25, 0.3) is 11.6 Å². The maximum atomic E-state index is 12.7. The largest absolute Gasteiger partial charge is 0.336 e. The van der Waals surface area contributed by atoms with Crippen LogP contribution in [0.4, 0.5) is 11.4 Å². The molecule has 3 N–H and O–H groups in total. The van der Waals surface area contributed by atoms with Gasteiger partial charge in [-0.2, -0.15) is 0 Å². The second-order valence-corrected chi connectivity index (χ2v) is 5.63. The highest BCUT2D eigenvalue weighted by Crippen LogP contribution is 2.32. The number of nitrogens with zero attached hydrogens (tertiary/aromatic N) is 2. The first-order chi connectivity index (χ1) is 9.93. The van der Waals surface area contributed by atoms with Crippen LogP contribution >= 0.6 is 0 Å². The van der Waals surface area contributed by atoms with Crippen molar-refractivity contribution < 1.29 is 9.72 Å². The second kappa shape index (κ2) is 6.09. The van der Waals surface area contributed by atoms with Crippen LogP contribution < -0.4 is 11.3 Å². The number of hydrogen-bond acceptors (Lipinski definition) is 5. The summed E-state index contributed by atoms with van der Waals surface area (Å²) in [4.78, 5) is 25.0. The van der Waals surface area contributed by atoms with E-state index in [1.807, 2.05) is 13.8 Å². The first-order valence-electron chi connectivity index (χ1n) is 7.00. The number of nitrogens with one attached hydrogen (secondary N) is 1. The van der Waals surface area contributed by atoms with Gasteiger partial charge in [-0.15, -0.1) is 0 Å². The fraction of sp³-hybridized carbons (Fsp3) is 0.500. The molecule has 0 spiro atoms. The minimum Gasteiger partial charge on any atom is -0.336 e. The van der Waals surface area contributed by atoms with Crippen LogP contribution in [-0.4, -0.2) is 28.3 Å². The first-order valence-corrected chi connectivity index (χ1v) is 7.00. The standard InChI is InChI=1S/C14H20N4O3/c1-9(2)17(8-10-3-4-10)14(19)12-7-11(16-15)5-6-13(12)18(20)21/h5-7,9-10,16H,3-4,8,15H2,1-2H3. The summed E-state index contributed by atoms with van der Waals surface area (Å²) < 4.78 is 0. The summed E-state index contributed by atoms with van der Waals surface area (Å²) in [5.41, 5.74) is 2.77. The Morgan fingerprint density at radius 2 is 2.19 bits per heavy atom. The van der Waals surface area contributed by atoms with E-state index in [2.05, 4.69) is 5.43 Å². The molecule has 0 aromatic heterocycles. The van der Waals surface area contributed by atoms with E-state index in [-0.39, 0.29) is 23.2 Å². The Kier molecular flexibility index (Phi) is 4.42. The summed E-state index contributed by atoms with van der Waals surface area (Å²) in [7, 11) is 0. The molecule has 0 bridgehead atoms. The number of hydrogen-bond donors (Lipinski definition) is 2. The summed E-state index contributed by atoms with van der Waals surface area (Å²) in [5.74, 6) is 5.53. The monoisotopic (exact) mass is 292 g/mol. The van der Waals surface area contributed by atoms with E-state index in [1.165, 1.54) is 18.2 Å². The van der Waals surface area contributed by atoms with Crippen LogP contribution in [0.5, 0.6) is 0 Å². The fourth-order valence-corrected chi connectivity index (χ4v) is 2.22. The van der Waals surface area contributed by atoms with Crippen molar-refractivity contribution in [3.8, 4) is 0 Å². The van der Waals surface area contributed by atoms with Crippen LogP contribution in [0.1, 0.15) is 37.0 Å². The number of nitrogen functional groups attached to an aromatic ring is 1. The molecule has 0 aliphatic heterocycles. The number of carbonyl (C=O) groups is 1. The molecule has 0 heterocycles. The van der Waals surface area contributed by atoms with Crippen molar-refractivity contribution in [2.45, 2.75) is 32.7 Å². The van der Waals surface area contributed by atoms with Crippen molar-refractivity contribution in [2.24, 2.45) is 11.8 Å². The Morgan fingerprint density at radius 1 is 1.52 bits per heavy atom. The minimum atomic E-state index is -0.539. The van der Waals surface area contributed by atoms with Gasteiger partial charge in [0.15, 0.2) is 0 Å². The van der Waals surface area contributed by atoms with Crippen LogP contribution in [-0.2, 0) is 0 Å². The molecule has 1 aliphatic rings. The molecule has 1 aliphatic carbocycles. The quantitative estimate of drug-likeness (QED) is 0.475. The highest BCUT2D eigenvalue weighted by Gasteiger charge is 2.31. The maximum absolute atomic E-state index is 12.7. The molecular weight excluding hydrogens is 272 g/mol. The van der Waals surface area contributed by atoms with Gasteiger partial charge < -0.3 is 10.3 Å². The molecule has 7 nitrogen and oxygen atoms in total. The normalized spacial score (nSPS) is 14.1. The number of nitro benzene ring substituents is 1. The lowest BCUT2D eigenvalue weighted by Gasteiger charge is -2.27. The molecule has 1 saturated carbocycles. The van der Waals surface area contributed by atoms with Gasteiger partial charge in [-0.3, -0.25) is 20.8 Å². The summed E-state index contributed by atoms with van der Waals surface area (Å²) in [5, 5.41) is 11.1. The Bertz CT molecular complexity index is 555. The predicted molar refractivity (Wildman–Crippen MR) is 79.8 cm³/mol. The van der Waals surface area contributed by atoms with Gasteiger partial charge in [0.1, 0.15) is 5.56 Å². The number of anilines is 1. The van der Waals surface area contributed by atoms with Crippen LogP contribution in [0.25, 0.3) is 0 Å². The molecule has 0 radical (unpaired) electrons. The number of rotatable bonds is 6. The topological polar surface area (TPSA) is 102 Å². The Hall–Kier alpha value is -2.15. The van der Waals surface area contributed by atoms with Gasteiger partial charge in [0.05, 0.1) is 4.92 Å². The third kappa shape index (κ3) is 3.49. The lowest BCUT2D eigenvalue weighted by Crippen LogP contribution is -2.38. The molecule has 1 aromatic carbocycles.